The molecule has 0 saturated carbocycles. The summed E-state index contributed by atoms with van der Waals surface area (Å²) >= 11 is 2.04. The quantitative estimate of drug-likeness (QED) is 0.661. The molecule has 0 aliphatic heterocycles. The van der Waals surface area contributed by atoms with Crippen molar-refractivity contribution in [2.24, 2.45) is 5.92 Å². The normalized spacial score (nSPS) is 13.8. The van der Waals surface area contributed by atoms with Gasteiger partial charge < -0.3 is 5.32 Å². The van der Waals surface area contributed by atoms with E-state index in [2.05, 4.69) is 33.0 Å². The van der Waals surface area contributed by atoms with Crippen molar-refractivity contribution in [1.29, 1.82) is 0 Å². The number of hydrogen-bond acceptors (Lipinski definition) is 2. The van der Waals surface area contributed by atoms with E-state index in [1.807, 2.05) is 11.8 Å². The molecular weight excluding hydrogens is 166 g/mol. The highest BCUT2D eigenvalue weighted by molar-refractivity contribution is 7.99. The predicted octanol–water partition coefficient (Wildman–Crippen LogP) is 2.76. The fourth-order valence-corrected chi connectivity index (χ4v) is 2.10. The molecule has 0 aromatic heterocycles. The topological polar surface area (TPSA) is 12.0 Å². The second kappa shape index (κ2) is 7.93. The van der Waals surface area contributed by atoms with E-state index in [0.717, 1.165) is 18.5 Å². The third-order valence-electron chi connectivity index (χ3n) is 1.77. The Balaban J connectivity index is 3.54. The summed E-state index contributed by atoms with van der Waals surface area (Å²) in [6.07, 6.45) is 1.31. The molecule has 0 rings (SSSR count). The van der Waals surface area contributed by atoms with Crippen LogP contribution >= 0.6 is 11.8 Å². The van der Waals surface area contributed by atoms with E-state index in [1.165, 1.54) is 17.9 Å². The fourth-order valence-electron chi connectivity index (χ4n) is 1.33. The molecule has 0 saturated heterocycles. The van der Waals surface area contributed by atoms with Gasteiger partial charge in [-0.3, -0.25) is 0 Å². The molecule has 0 fully saturated rings. The molecule has 1 N–H and O–H groups in total. The second-order valence-electron chi connectivity index (χ2n) is 3.54. The molecule has 1 nitrogen and oxygen atoms in total. The van der Waals surface area contributed by atoms with E-state index < -0.39 is 0 Å². The molecule has 0 spiro atoms. The third kappa shape index (κ3) is 6.99. The highest BCUT2D eigenvalue weighted by Gasteiger charge is 2.08. The zero-order valence-corrected chi connectivity index (χ0v) is 9.71. The molecule has 0 aromatic carbocycles. The van der Waals surface area contributed by atoms with Gasteiger partial charge in [0.1, 0.15) is 0 Å². The molecule has 0 aromatic rings. The van der Waals surface area contributed by atoms with Gasteiger partial charge in [0.25, 0.3) is 0 Å². The minimum absolute atomic E-state index is 0.722. The Hall–Kier alpha value is 0.310. The SMILES string of the molecule is CCNC(CSCC)CC(C)C. The summed E-state index contributed by atoms with van der Waals surface area (Å²) in [4.78, 5) is 0. The van der Waals surface area contributed by atoms with Gasteiger partial charge in [-0.1, -0.05) is 27.7 Å². The zero-order chi connectivity index (χ0) is 9.40. The van der Waals surface area contributed by atoms with Crippen LogP contribution in [0.1, 0.15) is 34.1 Å². The van der Waals surface area contributed by atoms with Crippen LogP contribution in [-0.2, 0) is 0 Å². The summed E-state index contributed by atoms with van der Waals surface area (Å²) in [7, 11) is 0. The molecule has 0 bridgehead atoms. The van der Waals surface area contributed by atoms with Crippen LogP contribution in [0, 0.1) is 5.92 Å². The van der Waals surface area contributed by atoms with E-state index in [-0.39, 0.29) is 0 Å². The van der Waals surface area contributed by atoms with Crippen molar-refractivity contribution >= 4 is 11.8 Å². The Labute approximate surface area is 81.7 Å². The van der Waals surface area contributed by atoms with Crippen molar-refractivity contribution in [2.75, 3.05) is 18.1 Å². The first kappa shape index (κ1) is 12.3. The van der Waals surface area contributed by atoms with Crippen molar-refractivity contribution in [1.82, 2.24) is 5.32 Å². The minimum atomic E-state index is 0.722. The first-order valence-electron chi connectivity index (χ1n) is 5.01. The number of rotatable bonds is 7. The lowest BCUT2D eigenvalue weighted by molar-refractivity contribution is 0.456. The molecule has 1 atom stereocenters. The molecule has 0 radical (unpaired) electrons. The average molecular weight is 189 g/mol. The lowest BCUT2D eigenvalue weighted by Gasteiger charge is -2.18. The Bertz CT molecular complexity index is 93.8. The van der Waals surface area contributed by atoms with Crippen LogP contribution in [0.15, 0.2) is 0 Å². The van der Waals surface area contributed by atoms with Gasteiger partial charge in [-0.15, -0.1) is 0 Å². The number of hydrogen-bond donors (Lipinski definition) is 1. The van der Waals surface area contributed by atoms with Crippen molar-refractivity contribution < 1.29 is 0 Å². The largest absolute Gasteiger partial charge is 0.313 e. The Morgan fingerprint density at radius 2 is 1.92 bits per heavy atom. The van der Waals surface area contributed by atoms with Crippen LogP contribution in [0.2, 0.25) is 0 Å². The van der Waals surface area contributed by atoms with Crippen molar-refractivity contribution in [3.8, 4) is 0 Å². The summed E-state index contributed by atoms with van der Waals surface area (Å²) in [5.74, 6) is 3.31. The Kier molecular flexibility index (Phi) is 8.14. The molecule has 0 aliphatic carbocycles. The van der Waals surface area contributed by atoms with Gasteiger partial charge in [0.15, 0.2) is 0 Å². The van der Waals surface area contributed by atoms with Crippen molar-refractivity contribution in [2.45, 2.75) is 40.2 Å². The zero-order valence-electron chi connectivity index (χ0n) is 8.89. The summed E-state index contributed by atoms with van der Waals surface area (Å²) in [5.41, 5.74) is 0. The molecule has 2 heteroatoms. The molecule has 12 heavy (non-hydrogen) atoms. The van der Waals surface area contributed by atoms with E-state index in [4.69, 9.17) is 0 Å². The van der Waals surface area contributed by atoms with Gasteiger partial charge in [-0.2, -0.15) is 11.8 Å². The van der Waals surface area contributed by atoms with E-state index in [0.29, 0.717) is 0 Å². The van der Waals surface area contributed by atoms with Gasteiger partial charge >= 0.3 is 0 Å². The van der Waals surface area contributed by atoms with E-state index in [1.54, 1.807) is 0 Å². The van der Waals surface area contributed by atoms with Crippen LogP contribution in [0.3, 0.4) is 0 Å². The Morgan fingerprint density at radius 1 is 1.25 bits per heavy atom. The lowest BCUT2D eigenvalue weighted by Crippen LogP contribution is -2.32. The standard InChI is InChI=1S/C10H23NS/c1-5-11-10(7-9(3)4)8-12-6-2/h9-11H,5-8H2,1-4H3. The van der Waals surface area contributed by atoms with Gasteiger partial charge in [-0.05, 0) is 24.6 Å². The molecule has 0 aliphatic rings. The van der Waals surface area contributed by atoms with Gasteiger partial charge in [0.05, 0.1) is 0 Å². The molecular formula is C10H23NS. The van der Waals surface area contributed by atoms with E-state index >= 15 is 0 Å². The summed E-state index contributed by atoms with van der Waals surface area (Å²) in [6, 6.07) is 0.722. The highest BCUT2D eigenvalue weighted by atomic mass is 32.2. The van der Waals surface area contributed by atoms with Gasteiger partial charge in [-0.25, -0.2) is 0 Å². The maximum atomic E-state index is 3.53. The molecule has 0 amide bonds. The van der Waals surface area contributed by atoms with Crippen LogP contribution in [0.25, 0.3) is 0 Å². The molecule has 1 unspecified atom stereocenters. The fraction of sp³-hybridized carbons (Fsp3) is 1.00. The summed E-state index contributed by atoms with van der Waals surface area (Å²) in [6.45, 7) is 10.1. The maximum Gasteiger partial charge on any atom is 0.0160 e. The number of thioether (sulfide) groups is 1. The predicted molar refractivity (Wildman–Crippen MR) is 59.9 cm³/mol. The highest BCUT2D eigenvalue weighted by Crippen LogP contribution is 2.10. The molecule has 74 valence electrons. The lowest BCUT2D eigenvalue weighted by atomic mass is 10.1. The monoisotopic (exact) mass is 189 g/mol. The first-order chi connectivity index (χ1) is 5.70. The maximum absolute atomic E-state index is 3.53. The third-order valence-corrected chi connectivity index (χ3v) is 2.82. The van der Waals surface area contributed by atoms with Gasteiger partial charge in [0, 0.05) is 11.8 Å². The summed E-state index contributed by atoms with van der Waals surface area (Å²) < 4.78 is 0. The first-order valence-corrected chi connectivity index (χ1v) is 6.17. The van der Waals surface area contributed by atoms with Crippen LogP contribution < -0.4 is 5.32 Å². The minimum Gasteiger partial charge on any atom is -0.313 e. The summed E-state index contributed by atoms with van der Waals surface area (Å²) in [5, 5.41) is 3.53. The number of nitrogens with one attached hydrogen (secondary N) is 1. The van der Waals surface area contributed by atoms with Crippen LogP contribution in [0.5, 0.6) is 0 Å². The second-order valence-corrected chi connectivity index (χ2v) is 4.86. The van der Waals surface area contributed by atoms with Crippen molar-refractivity contribution in [3.63, 3.8) is 0 Å². The smallest absolute Gasteiger partial charge is 0.0160 e. The average Bonchev–Trinajstić information content (AvgIpc) is 2.00. The van der Waals surface area contributed by atoms with Crippen molar-refractivity contribution in [3.05, 3.63) is 0 Å². The van der Waals surface area contributed by atoms with E-state index in [9.17, 15) is 0 Å². The van der Waals surface area contributed by atoms with Crippen LogP contribution in [0.4, 0.5) is 0 Å². The molecule has 0 heterocycles. The Morgan fingerprint density at radius 3 is 2.33 bits per heavy atom. The van der Waals surface area contributed by atoms with Gasteiger partial charge in [0.2, 0.25) is 0 Å². The van der Waals surface area contributed by atoms with Crippen LogP contribution in [-0.4, -0.2) is 24.1 Å².